The summed E-state index contributed by atoms with van der Waals surface area (Å²) >= 11 is 5.75. The van der Waals surface area contributed by atoms with Crippen LogP contribution in [-0.4, -0.2) is 19.2 Å². The molecular formula is C10H17Cl3N2O. The number of benzene rings is 1. The summed E-state index contributed by atoms with van der Waals surface area (Å²) in [6.07, 6.45) is -0.0642. The van der Waals surface area contributed by atoms with Crippen LogP contribution in [0.3, 0.4) is 0 Å². The molecule has 1 aromatic rings. The Labute approximate surface area is 113 Å². The minimum Gasteiger partial charge on any atom is -0.371 e. The van der Waals surface area contributed by atoms with Crippen molar-refractivity contribution in [1.29, 1.82) is 0 Å². The molecule has 0 atom stereocenters. The average Bonchev–Trinajstić information content (AvgIpc) is 2.22. The topological polar surface area (TPSA) is 61.3 Å². The van der Waals surface area contributed by atoms with Crippen molar-refractivity contribution >= 4 is 36.4 Å². The van der Waals surface area contributed by atoms with E-state index in [9.17, 15) is 0 Å². The Hall–Kier alpha value is -0.0300. The van der Waals surface area contributed by atoms with Crippen LogP contribution in [-0.2, 0) is 11.3 Å². The van der Waals surface area contributed by atoms with Gasteiger partial charge in [-0.05, 0) is 17.7 Å². The molecule has 4 N–H and O–H groups in total. The van der Waals surface area contributed by atoms with Crippen molar-refractivity contribution in [2.45, 2.75) is 12.7 Å². The molecule has 0 saturated heterocycles. The van der Waals surface area contributed by atoms with Crippen LogP contribution >= 0.6 is 36.4 Å². The van der Waals surface area contributed by atoms with Gasteiger partial charge in [-0.25, -0.2) is 0 Å². The monoisotopic (exact) mass is 286 g/mol. The van der Waals surface area contributed by atoms with Crippen molar-refractivity contribution in [3.63, 3.8) is 0 Å². The zero-order valence-corrected chi connectivity index (χ0v) is 11.2. The lowest BCUT2D eigenvalue weighted by Gasteiger charge is -2.13. The van der Waals surface area contributed by atoms with E-state index in [4.69, 9.17) is 27.8 Å². The van der Waals surface area contributed by atoms with Crippen LogP contribution in [0.4, 0.5) is 0 Å². The molecule has 0 saturated carbocycles. The minimum absolute atomic E-state index is 0. The van der Waals surface area contributed by atoms with E-state index in [0.717, 1.165) is 10.6 Å². The highest BCUT2D eigenvalue weighted by Gasteiger charge is 2.03. The Morgan fingerprint density at radius 3 is 2.00 bits per heavy atom. The molecule has 0 amide bonds. The van der Waals surface area contributed by atoms with Crippen LogP contribution in [0.25, 0.3) is 0 Å². The second kappa shape index (κ2) is 10.1. The highest BCUT2D eigenvalue weighted by molar-refractivity contribution is 6.30. The van der Waals surface area contributed by atoms with Crippen molar-refractivity contribution in [2.24, 2.45) is 11.5 Å². The van der Waals surface area contributed by atoms with E-state index in [0.29, 0.717) is 19.7 Å². The summed E-state index contributed by atoms with van der Waals surface area (Å²) < 4.78 is 5.47. The highest BCUT2D eigenvalue weighted by atomic mass is 35.5. The fourth-order valence-corrected chi connectivity index (χ4v) is 1.15. The van der Waals surface area contributed by atoms with Crippen molar-refractivity contribution in [2.75, 3.05) is 13.1 Å². The summed E-state index contributed by atoms with van der Waals surface area (Å²) in [4.78, 5) is 0. The van der Waals surface area contributed by atoms with Crippen LogP contribution in [0, 0.1) is 0 Å². The Morgan fingerprint density at radius 2 is 1.56 bits per heavy atom. The van der Waals surface area contributed by atoms with E-state index in [1.54, 1.807) is 0 Å². The van der Waals surface area contributed by atoms with Gasteiger partial charge in [0.2, 0.25) is 0 Å². The lowest BCUT2D eigenvalue weighted by atomic mass is 10.2. The maximum absolute atomic E-state index is 5.75. The molecule has 1 aromatic carbocycles. The number of ether oxygens (including phenoxy) is 1. The summed E-state index contributed by atoms with van der Waals surface area (Å²) in [5.41, 5.74) is 12.0. The Bertz CT molecular complexity index is 265. The van der Waals surface area contributed by atoms with Crippen molar-refractivity contribution in [1.82, 2.24) is 0 Å². The molecule has 0 spiro atoms. The van der Waals surface area contributed by atoms with Gasteiger partial charge in [0, 0.05) is 18.1 Å². The molecule has 0 aliphatic carbocycles. The Balaban J connectivity index is 0. The molecule has 94 valence electrons. The molecule has 16 heavy (non-hydrogen) atoms. The van der Waals surface area contributed by atoms with Gasteiger partial charge in [0.15, 0.2) is 0 Å². The predicted molar refractivity (Wildman–Crippen MR) is 72.6 cm³/mol. The van der Waals surface area contributed by atoms with Crippen molar-refractivity contribution in [3.8, 4) is 0 Å². The SMILES string of the molecule is Cl.Cl.NCC(CN)OCc1ccc(Cl)cc1. The highest BCUT2D eigenvalue weighted by Crippen LogP contribution is 2.10. The first-order valence-corrected chi connectivity index (χ1v) is 4.90. The molecule has 0 aromatic heterocycles. The number of halogens is 3. The Kier molecular flexibility index (Phi) is 11.6. The van der Waals surface area contributed by atoms with Crippen LogP contribution in [0.2, 0.25) is 5.02 Å². The van der Waals surface area contributed by atoms with Crippen LogP contribution < -0.4 is 11.5 Å². The number of nitrogens with two attached hydrogens (primary N) is 2. The van der Waals surface area contributed by atoms with E-state index in [1.165, 1.54) is 0 Å². The first kappa shape index (κ1) is 18.3. The number of rotatable bonds is 5. The number of hydrogen-bond donors (Lipinski definition) is 2. The second-order valence-electron chi connectivity index (χ2n) is 3.03. The average molecular weight is 288 g/mol. The molecule has 0 unspecified atom stereocenters. The third kappa shape index (κ3) is 6.53. The second-order valence-corrected chi connectivity index (χ2v) is 3.47. The smallest absolute Gasteiger partial charge is 0.0823 e. The van der Waals surface area contributed by atoms with Crippen LogP contribution in [0.1, 0.15) is 5.56 Å². The lowest BCUT2D eigenvalue weighted by Crippen LogP contribution is -2.31. The van der Waals surface area contributed by atoms with Crippen molar-refractivity contribution in [3.05, 3.63) is 34.9 Å². The summed E-state index contributed by atoms with van der Waals surface area (Å²) in [6.45, 7) is 1.42. The molecule has 0 fully saturated rings. The summed E-state index contributed by atoms with van der Waals surface area (Å²) in [5, 5.41) is 0.725. The fraction of sp³-hybridized carbons (Fsp3) is 0.400. The fourth-order valence-electron chi connectivity index (χ4n) is 1.03. The van der Waals surface area contributed by atoms with E-state index in [2.05, 4.69) is 0 Å². The van der Waals surface area contributed by atoms with Crippen LogP contribution in [0.15, 0.2) is 24.3 Å². The van der Waals surface area contributed by atoms with Gasteiger partial charge >= 0.3 is 0 Å². The lowest BCUT2D eigenvalue weighted by molar-refractivity contribution is 0.0523. The third-order valence-electron chi connectivity index (χ3n) is 1.92. The quantitative estimate of drug-likeness (QED) is 0.870. The third-order valence-corrected chi connectivity index (χ3v) is 2.18. The largest absolute Gasteiger partial charge is 0.371 e. The van der Waals surface area contributed by atoms with Gasteiger partial charge < -0.3 is 16.2 Å². The van der Waals surface area contributed by atoms with E-state index < -0.39 is 0 Å². The normalized spacial score (nSPS) is 9.50. The van der Waals surface area contributed by atoms with Gasteiger partial charge in [0.25, 0.3) is 0 Å². The first-order valence-electron chi connectivity index (χ1n) is 4.52. The van der Waals surface area contributed by atoms with Gasteiger partial charge in [-0.3, -0.25) is 0 Å². The standard InChI is InChI=1S/C10H15ClN2O.2ClH/c11-9-3-1-8(2-4-9)7-14-10(5-12)6-13;;/h1-4,10H,5-7,12-13H2;2*1H. The zero-order valence-electron chi connectivity index (χ0n) is 8.77. The Morgan fingerprint density at radius 1 is 1.06 bits per heavy atom. The van der Waals surface area contributed by atoms with Crippen molar-refractivity contribution < 1.29 is 4.74 Å². The molecule has 0 heterocycles. The van der Waals surface area contributed by atoms with Gasteiger partial charge in [0.05, 0.1) is 12.7 Å². The number of hydrogen-bond acceptors (Lipinski definition) is 3. The molecule has 0 radical (unpaired) electrons. The van der Waals surface area contributed by atoms with Gasteiger partial charge in [-0.2, -0.15) is 0 Å². The molecular weight excluding hydrogens is 270 g/mol. The molecule has 0 aliphatic heterocycles. The maximum Gasteiger partial charge on any atom is 0.0823 e. The van der Waals surface area contributed by atoms with Gasteiger partial charge in [-0.15, -0.1) is 24.8 Å². The summed E-state index contributed by atoms with van der Waals surface area (Å²) in [7, 11) is 0. The van der Waals surface area contributed by atoms with E-state index in [1.807, 2.05) is 24.3 Å². The molecule has 1 rings (SSSR count). The van der Waals surface area contributed by atoms with Gasteiger partial charge in [-0.1, -0.05) is 23.7 Å². The maximum atomic E-state index is 5.75. The first-order chi connectivity index (χ1) is 6.76. The molecule has 3 nitrogen and oxygen atoms in total. The molecule has 0 bridgehead atoms. The molecule has 0 aliphatic rings. The van der Waals surface area contributed by atoms with Gasteiger partial charge in [0.1, 0.15) is 0 Å². The summed E-state index contributed by atoms with van der Waals surface area (Å²) in [5.74, 6) is 0. The van der Waals surface area contributed by atoms with Crippen LogP contribution in [0.5, 0.6) is 0 Å². The predicted octanol–water partition coefficient (Wildman–Crippen LogP) is 1.99. The summed E-state index contributed by atoms with van der Waals surface area (Å²) in [6, 6.07) is 7.51. The van der Waals surface area contributed by atoms with E-state index in [-0.39, 0.29) is 30.9 Å². The van der Waals surface area contributed by atoms with E-state index >= 15 is 0 Å². The molecule has 6 heteroatoms. The minimum atomic E-state index is -0.0642. The zero-order chi connectivity index (χ0) is 10.4.